The normalized spacial score (nSPS) is 10.6. The molecule has 5 heteroatoms. The van der Waals surface area contributed by atoms with Crippen molar-refractivity contribution in [1.29, 1.82) is 0 Å². The molecule has 0 unspecified atom stereocenters. The molecule has 5 nitrogen and oxygen atoms in total. The van der Waals surface area contributed by atoms with E-state index in [0.717, 1.165) is 0 Å². The van der Waals surface area contributed by atoms with Gasteiger partial charge in [0.25, 0.3) is 0 Å². The van der Waals surface area contributed by atoms with Crippen LogP contribution in [0.25, 0.3) is 0 Å². The van der Waals surface area contributed by atoms with E-state index >= 15 is 0 Å². The highest BCUT2D eigenvalue weighted by Crippen LogP contribution is 1.96. The molecule has 0 bridgehead atoms. The first-order valence-corrected chi connectivity index (χ1v) is 3.59. The van der Waals surface area contributed by atoms with Crippen LogP contribution in [0, 0.1) is 0 Å². The Bertz CT molecular complexity index is 184. The van der Waals surface area contributed by atoms with E-state index in [1.165, 1.54) is 0 Å². The van der Waals surface area contributed by atoms with Crippen molar-refractivity contribution >= 4 is 12.0 Å². The molecule has 12 heavy (non-hydrogen) atoms. The SMILES string of the molecule is CC(C)(C)NC(=O)NCC(=O)O. The first-order chi connectivity index (χ1) is 5.31. The maximum absolute atomic E-state index is 10.9. The largest absolute Gasteiger partial charge is 0.480 e. The van der Waals surface area contributed by atoms with Crippen LogP contribution < -0.4 is 10.6 Å². The zero-order chi connectivity index (χ0) is 9.78. The predicted octanol–water partition coefficient (Wildman–Crippen LogP) is 0.169. The summed E-state index contributed by atoms with van der Waals surface area (Å²) in [6, 6.07) is -0.468. The monoisotopic (exact) mass is 174 g/mol. The molecule has 0 radical (unpaired) electrons. The number of urea groups is 1. The average Bonchev–Trinajstić information content (AvgIpc) is 1.79. The number of hydrogen-bond acceptors (Lipinski definition) is 2. The molecule has 0 aromatic rings. The molecule has 0 aliphatic heterocycles. The van der Waals surface area contributed by atoms with E-state index in [2.05, 4.69) is 10.6 Å². The lowest BCUT2D eigenvalue weighted by molar-refractivity contribution is -0.135. The third-order valence-electron chi connectivity index (χ3n) is 0.889. The van der Waals surface area contributed by atoms with Crippen LogP contribution in [-0.4, -0.2) is 29.2 Å². The molecule has 0 saturated carbocycles. The fourth-order valence-electron chi connectivity index (χ4n) is 0.541. The Balaban J connectivity index is 3.68. The molecule has 0 fully saturated rings. The summed E-state index contributed by atoms with van der Waals surface area (Å²) in [6.45, 7) is 5.08. The Morgan fingerprint density at radius 1 is 1.33 bits per heavy atom. The number of carbonyl (C=O) groups is 2. The fourth-order valence-corrected chi connectivity index (χ4v) is 0.541. The molecule has 0 saturated heterocycles. The lowest BCUT2D eigenvalue weighted by Crippen LogP contribution is -2.47. The van der Waals surface area contributed by atoms with Crippen molar-refractivity contribution in [3.63, 3.8) is 0 Å². The Morgan fingerprint density at radius 2 is 1.83 bits per heavy atom. The van der Waals surface area contributed by atoms with Crippen LogP contribution in [0.3, 0.4) is 0 Å². The molecule has 0 aromatic heterocycles. The highest BCUT2D eigenvalue weighted by atomic mass is 16.4. The van der Waals surface area contributed by atoms with Gasteiger partial charge < -0.3 is 15.7 Å². The molecule has 0 aliphatic rings. The van der Waals surface area contributed by atoms with Gasteiger partial charge in [0.15, 0.2) is 0 Å². The van der Waals surface area contributed by atoms with E-state index in [4.69, 9.17) is 5.11 Å². The number of rotatable bonds is 2. The van der Waals surface area contributed by atoms with Gasteiger partial charge in [-0.3, -0.25) is 4.79 Å². The molecular formula is C7H14N2O3. The second-order valence-electron chi connectivity index (χ2n) is 3.45. The number of aliphatic carboxylic acids is 1. The van der Waals surface area contributed by atoms with Crippen molar-refractivity contribution in [2.24, 2.45) is 0 Å². The van der Waals surface area contributed by atoms with Gasteiger partial charge in [-0.15, -0.1) is 0 Å². The predicted molar refractivity (Wildman–Crippen MR) is 43.9 cm³/mol. The summed E-state index contributed by atoms with van der Waals surface area (Å²) in [5, 5.41) is 13.0. The Morgan fingerprint density at radius 3 is 2.17 bits per heavy atom. The van der Waals surface area contributed by atoms with Crippen LogP contribution in [0.15, 0.2) is 0 Å². The van der Waals surface area contributed by atoms with Gasteiger partial charge in [0.1, 0.15) is 6.54 Å². The molecule has 0 heterocycles. The fraction of sp³-hybridized carbons (Fsp3) is 0.714. The number of carbonyl (C=O) groups excluding carboxylic acids is 1. The van der Waals surface area contributed by atoms with Crippen LogP contribution in [0.2, 0.25) is 0 Å². The van der Waals surface area contributed by atoms with Gasteiger partial charge in [-0.1, -0.05) is 0 Å². The Labute approximate surface area is 71.1 Å². The standard InChI is InChI=1S/C7H14N2O3/c1-7(2,3)9-6(12)8-4-5(10)11/h4H2,1-3H3,(H,10,11)(H2,8,9,12). The number of nitrogens with one attached hydrogen (secondary N) is 2. The highest BCUT2D eigenvalue weighted by Gasteiger charge is 2.13. The van der Waals surface area contributed by atoms with Gasteiger partial charge in [-0.05, 0) is 20.8 Å². The minimum atomic E-state index is -1.06. The van der Waals surface area contributed by atoms with Gasteiger partial charge in [0.2, 0.25) is 0 Å². The van der Waals surface area contributed by atoms with Gasteiger partial charge in [0.05, 0.1) is 0 Å². The number of amides is 2. The van der Waals surface area contributed by atoms with Gasteiger partial charge in [-0.2, -0.15) is 0 Å². The molecule has 0 atom stereocenters. The van der Waals surface area contributed by atoms with E-state index in [1.807, 2.05) is 20.8 Å². The van der Waals surface area contributed by atoms with Gasteiger partial charge in [0, 0.05) is 5.54 Å². The maximum Gasteiger partial charge on any atom is 0.323 e. The summed E-state index contributed by atoms with van der Waals surface area (Å²) in [7, 11) is 0. The van der Waals surface area contributed by atoms with E-state index in [-0.39, 0.29) is 12.1 Å². The summed E-state index contributed by atoms with van der Waals surface area (Å²) >= 11 is 0. The lowest BCUT2D eigenvalue weighted by atomic mass is 10.1. The molecule has 3 N–H and O–H groups in total. The van der Waals surface area contributed by atoms with Crippen LogP contribution in [0.4, 0.5) is 4.79 Å². The van der Waals surface area contributed by atoms with E-state index in [9.17, 15) is 9.59 Å². The smallest absolute Gasteiger partial charge is 0.323 e. The van der Waals surface area contributed by atoms with Gasteiger partial charge in [-0.25, -0.2) is 4.79 Å². The zero-order valence-electron chi connectivity index (χ0n) is 7.47. The molecule has 2 amide bonds. The molecule has 0 rings (SSSR count). The van der Waals surface area contributed by atoms with Gasteiger partial charge >= 0.3 is 12.0 Å². The first-order valence-electron chi connectivity index (χ1n) is 3.59. The summed E-state index contributed by atoms with van der Waals surface area (Å²) in [6.07, 6.45) is 0. The number of carboxylic acid groups (broad SMARTS) is 1. The van der Waals surface area contributed by atoms with E-state index in [1.54, 1.807) is 0 Å². The number of carboxylic acids is 1. The van der Waals surface area contributed by atoms with E-state index < -0.39 is 12.0 Å². The summed E-state index contributed by atoms with van der Waals surface area (Å²) in [5.74, 6) is -1.06. The lowest BCUT2D eigenvalue weighted by Gasteiger charge is -2.20. The van der Waals surface area contributed by atoms with Crippen LogP contribution in [0.5, 0.6) is 0 Å². The van der Waals surface area contributed by atoms with Crippen molar-refractivity contribution < 1.29 is 14.7 Å². The quantitative estimate of drug-likeness (QED) is 0.558. The van der Waals surface area contributed by atoms with Crippen molar-refractivity contribution in [2.75, 3.05) is 6.54 Å². The molecule has 70 valence electrons. The van der Waals surface area contributed by atoms with Crippen molar-refractivity contribution in [1.82, 2.24) is 10.6 Å². The minimum absolute atomic E-state index is 0.345. The topological polar surface area (TPSA) is 78.4 Å². The van der Waals surface area contributed by atoms with Crippen molar-refractivity contribution in [3.8, 4) is 0 Å². The third kappa shape index (κ3) is 6.85. The minimum Gasteiger partial charge on any atom is -0.480 e. The Hall–Kier alpha value is -1.26. The second-order valence-corrected chi connectivity index (χ2v) is 3.45. The van der Waals surface area contributed by atoms with Crippen LogP contribution in [0.1, 0.15) is 20.8 Å². The third-order valence-corrected chi connectivity index (χ3v) is 0.889. The maximum atomic E-state index is 10.9. The zero-order valence-corrected chi connectivity index (χ0v) is 7.47. The van der Waals surface area contributed by atoms with Crippen LogP contribution >= 0.6 is 0 Å². The summed E-state index contributed by atoms with van der Waals surface area (Å²) < 4.78 is 0. The molecule has 0 aromatic carbocycles. The first kappa shape index (κ1) is 10.7. The van der Waals surface area contributed by atoms with Crippen LogP contribution in [-0.2, 0) is 4.79 Å². The Kier molecular flexibility index (Phi) is 3.53. The second kappa shape index (κ2) is 3.94. The molecular weight excluding hydrogens is 160 g/mol. The van der Waals surface area contributed by atoms with Crippen molar-refractivity contribution in [3.05, 3.63) is 0 Å². The number of hydrogen-bond donors (Lipinski definition) is 3. The van der Waals surface area contributed by atoms with Crippen molar-refractivity contribution in [2.45, 2.75) is 26.3 Å². The average molecular weight is 174 g/mol. The van der Waals surface area contributed by atoms with E-state index in [0.29, 0.717) is 0 Å². The summed E-state index contributed by atoms with van der Waals surface area (Å²) in [5.41, 5.74) is -0.345. The molecule has 0 spiro atoms. The summed E-state index contributed by atoms with van der Waals surface area (Å²) in [4.78, 5) is 20.9. The molecule has 0 aliphatic carbocycles. The highest BCUT2D eigenvalue weighted by molar-refractivity contribution is 5.80.